The summed E-state index contributed by atoms with van der Waals surface area (Å²) in [5, 5.41) is 9.66. The highest BCUT2D eigenvalue weighted by molar-refractivity contribution is 7.49. The Hall–Kier alpha value is -1.18. The Morgan fingerprint density at radius 2 is 1.41 bits per heavy atom. The van der Waals surface area contributed by atoms with E-state index in [1.807, 2.05) is 6.92 Å². The molecule has 0 aromatic heterocycles. The SMILES string of the molecule is Cc1cc(CC(=O)O)c(OP(=O)(OC(C)(C)C)OC(C)(C)C)cc1C(C)(C)CCO[Si](C)(C)C(C)(C)C. The zero-order valence-corrected chi connectivity index (χ0v) is 27.5. The van der Waals surface area contributed by atoms with Crippen LogP contribution in [0.25, 0.3) is 0 Å². The summed E-state index contributed by atoms with van der Waals surface area (Å²) in [6, 6.07) is 3.60. The van der Waals surface area contributed by atoms with Gasteiger partial charge in [-0.05, 0) is 95.6 Å². The first-order chi connectivity index (χ1) is 16.3. The van der Waals surface area contributed by atoms with E-state index in [1.165, 1.54) is 0 Å². The normalized spacial score (nSPS) is 14.1. The van der Waals surface area contributed by atoms with Crippen molar-refractivity contribution in [1.29, 1.82) is 0 Å². The molecular formula is C28H51O7PSi. The standard InChI is InChI=1S/C28H51O7PSi/c1-20-17-21(18-24(29)30)23(33-36(31,34-25(2,3)4)35-26(5,6)7)19-22(20)28(11,12)15-16-32-37(13,14)27(8,9)10/h17,19H,15-16,18H2,1-14H3,(H,29,30). The Balaban J connectivity index is 3.48. The molecule has 0 saturated heterocycles. The maximum Gasteiger partial charge on any atom is 0.531 e. The summed E-state index contributed by atoms with van der Waals surface area (Å²) in [6.45, 7) is 28.5. The van der Waals surface area contributed by atoms with E-state index in [9.17, 15) is 14.5 Å². The van der Waals surface area contributed by atoms with Crippen molar-refractivity contribution in [2.24, 2.45) is 0 Å². The number of hydrogen-bond acceptors (Lipinski definition) is 6. The van der Waals surface area contributed by atoms with Gasteiger partial charge in [-0.2, -0.15) is 0 Å². The number of hydrogen-bond donors (Lipinski definition) is 1. The molecule has 0 radical (unpaired) electrons. The largest absolute Gasteiger partial charge is 0.531 e. The summed E-state index contributed by atoms with van der Waals surface area (Å²) in [6.07, 6.45) is 0.475. The van der Waals surface area contributed by atoms with Gasteiger partial charge in [0.25, 0.3) is 0 Å². The van der Waals surface area contributed by atoms with Crippen LogP contribution in [-0.4, -0.2) is 37.2 Å². The topological polar surface area (TPSA) is 91.3 Å². The molecule has 7 nitrogen and oxygen atoms in total. The van der Waals surface area contributed by atoms with Gasteiger partial charge in [0.15, 0.2) is 8.32 Å². The Kier molecular flexibility index (Phi) is 10.5. The third-order valence-corrected chi connectivity index (χ3v) is 13.0. The third kappa shape index (κ3) is 10.8. The lowest BCUT2D eigenvalue weighted by atomic mass is 9.79. The van der Waals surface area contributed by atoms with Crippen molar-refractivity contribution >= 4 is 22.1 Å². The smallest absolute Gasteiger partial charge is 0.481 e. The summed E-state index contributed by atoms with van der Waals surface area (Å²) in [5.74, 6) is -0.819. The van der Waals surface area contributed by atoms with E-state index in [1.54, 1.807) is 53.7 Å². The van der Waals surface area contributed by atoms with E-state index in [0.717, 1.165) is 17.5 Å². The van der Waals surface area contributed by atoms with Crippen LogP contribution in [0.3, 0.4) is 0 Å². The van der Waals surface area contributed by atoms with Crippen molar-refractivity contribution in [2.75, 3.05) is 6.61 Å². The molecule has 0 fully saturated rings. The second kappa shape index (κ2) is 11.5. The van der Waals surface area contributed by atoms with Crippen LogP contribution in [0.2, 0.25) is 18.1 Å². The highest BCUT2D eigenvalue weighted by atomic mass is 31.2. The van der Waals surface area contributed by atoms with E-state index in [4.69, 9.17) is 18.0 Å². The molecule has 1 aromatic carbocycles. The van der Waals surface area contributed by atoms with Crippen molar-refractivity contribution in [3.63, 3.8) is 0 Å². The minimum Gasteiger partial charge on any atom is -0.481 e. The van der Waals surface area contributed by atoms with Gasteiger partial charge in [-0.1, -0.05) is 40.7 Å². The maximum absolute atomic E-state index is 13.8. The number of carbonyl (C=O) groups is 1. The molecule has 0 spiro atoms. The first kappa shape index (κ1) is 33.8. The molecule has 0 aliphatic heterocycles. The molecule has 9 heteroatoms. The summed E-state index contributed by atoms with van der Waals surface area (Å²) in [5.41, 5.74) is 0.366. The highest BCUT2D eigenvalue weighted by Crippen LogP contribution is 2.56. The van der Waals surface area contributed by atoms with Crippen LogP contribution in [0.4, 0.5) is 0 Å². The first-order valence-electron chi connectivity index (χ1n) is 13.0. The van der Waals surface area contributed by atoms with E-state index in [0.29, 0.717) is 12.2 Å². The monoisotopic (exact) mass is 558 g/mol. The zero-order valence-electron chi connectivity index (χ0n) is 25.6. The molecule has 37 heavy (non-hydrogen) atoms. The van der Waals surface area contributed by atoms with E-state index >= 15 is 0 Å². The fraction of sp³-hybridized carbons (Fsp3) is 0.750. The minimum absolute atomic E-state index is 0.119. The van der Waals surface area contributed by atoms with E-state index in [-0.39, 0.29) is 22.6 Å². The summed E-state index contributed by atoms with van der Waals surface area (Å²) in [7, 11) is -6.01. The lowest BCUT2D eigenvalue weighted by Crippen LogP contribution is -2.41. The number of phosphoric acid groups is 1. The molecular weight excluding hydrogens is 507 g/mol. The van der Waals surface area contributed by atoms with Crippen LogP contribution in [0, 0.1) is 6.92 Å². The van der Waals surface area contributed by atoms with Crippen LogP contribution in [0.15, 0.2) is 12.1 Å². The lowest BCUT2D eigenvalue weighted by Gasteiger charge is -2.37. The Morgan fingerprint density at radius 1 is 0.919 bits per heavy atom. The highest BCUT2D eigenvalue weighted by Gasteiger charge is 2.40. The predicted octanol–water partition coefficient (Wildman–Crippen LogP) is 8.43. The van der Waals surface area contributed by atoms with Gasteiger partial charge in [0.1, 0.15) is 5.75 Å². The second-order valence-electron chi connectivity index (χ2n) is 14.0. The van der Waals surface area contributed by atoms with Crippen LogP contribution < -0.4 is 4.52 Å². The van der Waals surface area contributed by atoms with Crippen molar-refractivity contribution in [3.05, 3.63) is 28.8 Å². The third-order valence-electron chi connectivity index (χ3n) is 6.46. The molecule has 0 unspecified atom stereocenters. The average Bonchev–Trinajstić information content (AvgIpc) is 2.58. The van der Waals surface area contributed by atoms with Crippen molar-refractivity contribution < 1.29 is 32.5 Å². The number of aryl methyl sites for hydroxylation is 1. The molecule has 0 aliphatic carbocycles. The molecule has 0 saturated carbocycles. The number of carboxylic acid groups (broad SMARTS) is 1. The second-order valence-corrected chi connectivity index (χ2v) is 20.3. The lowest BCUT2D eigenvalue weighted by molar-refractivity contribution is -0.136. The van der Waals surface area contributed by atoms with Gasteiger partial charge >= 0.3 is 13.8 Å². The number of carboxylic acids is 1. The summed E-state index contributed by atoms with van der Waals surface area (Å²) >= 11 is 0. The molecule has 1 rings (SSSR count). The number of benzene rings is 1. The fourth-order valence-corrected chi connectivity index (χ4v) is 6.53. The maximum atomic E-state index is 13.8. The molecule has 0 bridgehead atoms. The Labute approximate surface area is 226 Å². The number of rotatable bonds is 11. The predicted molar refractivity (Wildman–Crippen MR) is 153 cm³/mol. The minimum atomic E-state index is -4.12. The van der Waals surface area contributed by atoms with Crippen LogP contribution in [0.1, 0.15) is 99.3 Å². The molecule has 214 valence electrons. The summed E-state index contributed by atoms with van der Waals surface area (Å²) < 4.78 is 37.9. The molecule has 0 amide bonds. The van der Waals surface area contributed by atoms with Gasteiger partial charge in [-0.3, -0.25) is 13.8 Å². The number of aliphatic carboxylic acids is 1. The molecule has 0 aliphatic rings. The Bertz CT molecular complexity index is 975. The molecule has 0 atom stereocenters. The van der Waals surface area contributed by atoms with Crippen LogP contribution >= 0.6 is 7.82 Å². The van der Waals surface area contributed by atoms with Crippen molar-refractivity contribution in [3.8, 4) is 5.75 Å². The molecule has 1 N–H and O–H groups in total. The van der Waals surface area contributed by atoms with Crippen molar-refractivity contribution in [1.82, 2.24) is 0 Å². The van der Waals surface area contributed by atoms with E-state index in [2.05, 4.69) is 47.7 Å². The van der Waals surface area contributed by atoms with Crippen LogP contribution in [0.5, 0.6) is 5.75 Å². The van der Waals surface area contributed by atoms with Crippen LogP contribution in [-0.2, 0) is 34.7 Å². The van der Waals surface area contributed by atoms with Gasteiger partial charge in [-0.15, -0.1) is 0 Å². The zero-order chi connectivity index (χ0) is 29.3. The van der Waals surface area contributed by atoms with Gasteiger partial charge in [0.2, 0.25) is 0 Å². The molecule has 0 heterocycles. The average molecular weight is 559 g/mol. The van der Waals surface area contributed by atoms with Gasteiger partial charge in [0.05, 0.1) is 17.6 Å². The Morgan fingerprint density at radius 3 is 1.81 bits per heavy atom. The summed E-state index contributed by atoms with van der Waals surface area (Å²) in [4.78, 5) is 11.7. The number of phosphoric ester groups is 1. The molecule has 1 aromatic rings. The van der Waals surface area contributed by atoms with Gasteiger partial charge < -0.3 is 14.1 Å². The first-order valence-corrected chi connectivity index (χ1v) is 17.3. The van der Waals surface area contributed by atoms with Gasteiger partial charge in [-0.25, -0.2) is 4.57 Å². The van der Waals surface area contributed by atoms with E-state index < -0.39 is 33.3 Å². The quantitative estimate of drug-likeness (QED) is 0.215. The van der Waals surface area contributed by atoms with Gasteiger partial charge in [0, 0.05) is 12.2 Å². The fourth-order valence-electron chi connectivity index (χ4n) is 3.62. The van der Waals surface area contributed by atoms with Crippen molar-refractivity contribution in [2.45, 2.75) is 131 Å².